The molecule has 2 saturated heterocycles. The zero-order valence-corrected chi connectivity index (χ0v) is 15.8. The number of halogens is 1. The number of hydrogen-bond donors (Lipinski definition) is 2. The Bertz CT molecular complexity index is 801. The van der Waals surface area contributed by atoms with E-state index >= 15 is 0 Å². The van der Waals surface area contributed by atoms with Crippen LogP contribution in [0.5, 0.6) is 0 Å². The van der Waals surface area contributed by atoms with Crippen LogP contribution in [0.4, 0.5) is 20.6 Å². The molecule has 4 amide bonds. The van der Waals surface area contributed by atoms with E-state index in [1.165, 1.54) is 6.07 Å². The normalized spacial score (nSPS) is 21.3. The second-order valence-corrected chi connectivity index (χ2v) is 7.87. The number of carbonyl (C=O) groups excluding carboxylic acids is 3. The summed E-state index contributed by atoms with van der Waals surface area (Å²) in [5, 5.41) is 5.37. The van der Waals surface area contributed by atoms with Crippen LogP contribution in [0.3, 0.4) is 0 Å². The van der Waals surface area contributed by atoms with E-state index in [0.29, 0.717) is 24.2 Å². The van der Waals surface area contributed by atoms with Crippen LogP contribution in [-0.2, 0) is 9.59 Å². The lowest BCUT2D eigenvalue weighted by atomic mass is 9.82. The highest BCUT2D eigenvalue weighted by Gasteiger charge is 2.51. The number of amides is 4. The molecule has 8 heteroatoms. The Morgan fingerprint density at radius 3 is 2.50 bits per heavy atom. The van der Waals surface area contributed by atoms with Crippen molar-refractivity contribution < 1.29 is 18.8 Å². The van der Waals surface area contributed by atoms with Crippen LogP contribution >= 0.6 is 0 Å². The number of anilines is 2. The maximum atomic E-state index is 14.4. The fourth-order valence-corrected chi connectivity index (χ4v) is 4.46. The molecule has 2 N–H and O–H groups in total. The summed E-state index contributed by atoms with van der Waals surface area (Å²) in [4.78, 5) is 40.3. The fraction of sp³-hybridized carbons (Fsp3) is 0.550. The van der Waals surface area contributed by atoms with Gasteiger partial charge in [-0.05, 0) is 43.9 Å². The highest BCUT2D eigenvalue weighted by atomic mass is 19.1. The summed E-state index contributed by atoms with van der Waals surface area (Å²) in [7, 11) is 0. The first-order valence-corrected chi connectivity index (χ1v) is 9.97. The molecule has 1 aromatic carbocycles. The van der Waals surface area contributed by atoms with E-state index in [1.54, 1.807) is 12.1 Å². The summed E-state index contributed by atoms with van der Waals surface area (Å²) in [5.41, 5.74) is -0.00671. The van der Waals surface area contributed by atoms with E-state index in [1.807, 2.05) is 4.90 Å². The Balaban J connectivity index is 1.39. The Labute approximate surface area is 163 Å². The number of carbonyl (C=O) groups is 3. The van der Waals surface area contributed by atoms with Gasteiger partial charge in [0.15, 0.2) is 0 Å². The molecule has 4 rings (SSSR count). The molecule has 1 spiro atoms. The number of hydrogen-bond acceptors (Lipinski definition) is 4. The summed E-state index contributed by atoms with van der Waals surface area (Å²) in [6.45, 7) is 1.29. The van der Waals surface area contributed by atoms with Gasteiger partial charge in [-0.15, -0.1) is 0 Å². The van der Waals surface area contributed by atoms with Crippen molar-refractivity contribution in [2.45, 2.75) is 50.5 Å². The average molecular weight is 388 g/mol. The molecule has 1 aliphatic carbocycles. The van der Waals surface area contributed by atoms with Crippen molar-refractivity contribution in [2.75, 3.05) is 29.9 Å². The number of rotatable bonds is 4. The van der Waals surface area contributed by atoms with Crippen molar-refractivity contribution in [3.05, 3.63) is 24.0 Å². The summed E-state index contributed by atoms with van der Waals surface area (Å²) < 4.78 is 14.4. The van der Waals surface area contributed by atoms with E-state index in [-0.39, 0.29) is 12.5 Å². The molecule has 1 aromatic rings. The van der Waals surface area contributed by atoms with Crippen molar-refractivity contribution >= 4 is 29.2 Å². The molecule has 0 radical (unpaired) electrons. The third-order valence-electron chi connectivity index (χ3n) is 5.93. The van der Waals surface area contributed by atoms with Crippen LogP contribution in [0.1, 0.15) is 44.9 Å². The Hall–Kier alpha value is -2.64. The van der Waals surface area contributed by atoms with Crippen LogP contribution in [-0.4, -0.2) is 47.9 Å². The molecule has 3 aliphatic rings. The minimum absolute atomic E-state index is 0.310. The van der Waals surface area contributed by atoms with Gasteiger partial charge < -0.3 is 15.5 Å². The Kier molecular flexibility index (Phi) is 4.95. The van der Waals surface area contributed by atoms with Gasteiger partial charge in [-0.2, -0.15) is 0 Å². The summed E-state index contributed by atoms with van der Waals surface area (Å²) in [6.07, 6.45) is 6.13. The van der Waals surface area contributed by atoms with Gasteiger partial charge in [0.25, 0.3) is 5.91 Å². The van der Waals surface area contributed by atoms with Gasteiger partial charge >= 0.3 is 6.03 Å². The van der Waals surface area contributed by atoms with Crippen molar-refractivity contribution in [3.8, 4) is 0 Å². The second kappa shape index (κ2) is 7.41. The SMILES string of the molecule is O=C(CN1C(=O)NC2(CCCCC2)C1=O)Nc1ccc(N2CCCC2)c(F)c1. The third-order valence-corrected chi connectivity index (χ3v) is 5.93. The van der Waals surface area contributed by atoms with E-state index in [2.05, 4.69) is 10.6 Å². The van der Waals surface area contributed by atoms with Crippen LogP contribution < -0.4 is 15.5 Å². The molecular weight excluding hydrogens is 363 g/mol. The van der Waals surface area contributed by atoms with E-state index in [9.17, 15) is 18.8 Å². The predicted octanol–water partition coefficient (Wildman–Crippen LogP) is 2.62. The lowest BCUT2D eigenvalue weighted by Crippen LogP contribution is -2.48. The lowest BCUT2D eigenvalue weighted by Gasteiger charge is -2.30. The van der Waals surface area contributed by atoms with Crippen LogP contribution in [0.2, 0.25) is 0 Å². The number of nitrogens with zero attached hydrogens (tertiary/aromatic N) is 2. The minimum atomic E-state index is -0.848. The van der Waals surface area contributed by atoms with Crippen LogP contribution in [0, 0.1) is 5.82 Å². The third kappa shape index (κ3) is 3.43. The Morgan fingerprint density at radius 2 is 1.82 bits per heavy atom. The maximum Gasteiger partial charge on any atom is 0.325 e. The molecule has 3 fully saturated rings. The molecule has 0 bridgehead atoms. The molecule has 7 nitrogen and oxygen atoms in total. The summed E-state index contributed by atoms with van der Waals surface area (Å²) in [5.74, 6) is -1.25. The van der Waals surface area contributed by atoms with Gasteiger partial charge in [0.2, 0.25) is 5.91 Å². The molecule has 1 saturated carbocycles. The van der Waals surface area contributed by atoms with Gasteiger partial charge in [0.05, 0.1) is 5.69 Å². The van der Waals surface area contributed by atoms with Crippen molar-refractivity contribution in [1.29, 1.82) is 0 Å². The zero-order valence-electron chi connectivity index (χ0n) is 15.8. The fourth-order valence-electron chi connectivity index (χ4n) is 4.46. The molecule has 28 heavy (non-hydrogen) atoms. The lowest BCUT2D eigenvalue weighted by molar-refractivity contribution is -0.134. The average Bonchev–Trinajstić information content (AvgIpc) is 3.27. The first kappa shape index (κ1) is 18.7. The molecule has 0 aromatic heterocycles. The number of benzene rings is 1. The van der Waals surface area contributed by atoms with Crippen molar-refractivity contribution in [1.82, 2.24) is 10.2 Å². The molecule has 0 atom stereocenters. The standard InChI is InChI=1S/C20H25FN4O3/c21-15-12-14(6-7-16(15)24-10-4-5-11-24)22-17(26)13-25-18(27)20(23-19(25)28)8-2-1-3-9-20/h6-7,12H,1-5,8-11,13H2,(H,22,26)(H,23,28). The van der Waals surface area contributed by atoms with Gasteiger partial charge in [0.1, 0.15) is 17.9 Å². The molecule has 0 unspecified atom stereocenters. The topological polar surface area (TPSA) is 81.8 Å². The number of nitrogens with one attached hydrogen (secondary N) is 2. The largest absolute Gasteiger partial charge is 0.369 e. The van der Waals surface area contributed by atoms with Gasteiger partial charge in [-0.1, -0.05) is 19.3 Å². The summed E-state index contributed by atoms with van der Waals surface area (Å²) in [6, 6.07) is 4.04. The van der Waals surface area contributed by atoms with E-state index in [0.717, 1.165) is 50.1 Å². The quantitative estimate of drug-likeness (QED) is 0.777. The first-order valence-electron chi connectivity index (χ1n) is 9.97. The molecular formula is C20H25FN4O3. The molecule has 2 heterocycles. The van der Waals surface area contributed by atoms with Crippen LogP contribution in [0.15, 0.2) is 18.2 Å². The molecule has 150 valence electrons. The van der Waals surface area contributed by atoms with Gasteiger partial charge in [-0.3, -0.25) is 14.5 Å². The maximum absolute atomic E-state index is 14.4. The number of urea groups is 1. The first-order chi connectivity index (χ1) is 13.5. The minimum Gasteiger partial charge on any atom is -0.369 e. The predicted molar refractivity (Wildman–Crippen MR) is 103 cm³/mol. The monoisotopic (exact) mass is 388 g/mol. The van der Waals surface area contributed by atoms with E-state index < -0.39 is 23.3 Å². The van der Waals surface area contributed by atoms with Crippen LogP contribution in [0.25, 0.3) is 0 Å². The van der Waals surface area contributed by atoms with Crippen molar-refractivity contribution in [2.24, 2.45) is 0 Å². The highest BCUT2D eigenvalue weighted by molar-refractivity contribution is 6.10. The highest BCUT2D eigenvalue weighted by Crippen LogP contribution is 2.33. The second-order valence-electron chi connectivity index (χ2n) is 7.87. The van der Waals surface area contributed by atoms with Gasteiger partial charge in [-0.25, -0.2) is 9.18 Å². The Morgan fingerprint density at radius 1 is 1.11 bits per heavy atom. The number of imide groups is 1. The molecule has 2 aliphatic heterocycles. The smallest absolute Gasteiger partial charge is 0.325 e. The van der Waals surface area contributed by atoms with E-state index in [4.69, 9.17) is 0 Å². The van der Waals surface area contributed by atoms with Crippen molar-refractivity contribution in [3.63, 3.8) is 0 Å². The zero-order chi connectivity index (χ0) is 19.7. The summed E-state index contributed by atoms with van der Waals surface area (Å²) >= 11 is 0. The van der Waals surface area contributed by atoms with Gasteiger partial charge in [0, 0.05) is 18.8 Å².